The van der Waals surface area contributed by atoms with Gasteiger partial charge in [-0.15, -0.1) is 0 Å². The molecule has 0 N–H and O–H groups in total. The summed E-state index contributed by atoms with van der Waals surface area (Å²) in [6.45, 7) is 4.10. The summed E-state index contributed by atoms with van der Waals surface area (Å²) in [4.78, 5) is 2.50. The monoisotopic (exact) mass is 215 g/mol. The molecule has 0 aromatic heterocycles. The molecule has 2 aliphatic rings. The van der Waals surface area contributed by atoms with Gasteiger partial charge in [0.05, 0.1) is 13.3 Å². The molecule has 1 aliphatic carbocycles. The van der Waals surface area contributed by atoms with Gasteiger partial charge in [0.2, 0.25) is 0 Å². The van der Waals surface area contributed by atoms with Crippen molar-refractivity contribution in [1.82, 2.24) is 4.90 Å². The summed E-state index contributed by atoms with van der Waals surface area (Å²) in [5, 5.41) is 0. The van der Waals surface area contributed by atoms with Crippen LogP contribution in [0.5, 0.6) is 0 Å². The van der Waals surface area contributed by atoms with Crippen LogP contribution >= 0.6 is 0 Å². The zero-order chi connectivity index (χ0) is 10.7. The Morgan fingerprint density at radius 3 is 2.47 bits per heavy atom. The topological polar surface area (TPSA) is 12.5 Å². The molecule has 1 heterocycles. The normalized spacial score (nSPS) is 26.8. The Hall–Kier alpha value is -0.150. The van der Waals surface area contributed by atoms with Gasteiger partial charge in [-0.05, 0) is 44.7 Å². The Kier molecular flexibility index (Phi) is 3.62. The minimum absolute atomic E-state index is 0.128. The van der Waals surface area contributed by atoms with Crippen LogP contribution in [0.3, 0.4) is 0 Å². The van der Waals surface area contributed by atoms with E-state index in [1.807, 2.05) is 0 Å². The van der Waals surface area contributed by atoms with Crippen molar-refractivity contribution in [2.45, 2.75) is 25.7 Å². The SMILES string of the molecule is COCC1(CN2CCC(CF)CC2)CC1. The minimum Gasteiger partial charge on any atom is -0.384 e. The van der Waals surface area contributed by atoms with E-state index in [0.717, 1.165) is 32.5 Å². The van der Waals surface area contributed by atoms with E-state index < -0.39 is 0 Å². The summed E-state index contributed by atoms with van der Waals surface area (Å²) in [7, 11) is 1.79. The third kappa shape index (κ3) is 2.91. The third-order valence-electron chi connectivity index (χ3n) is 3.89. The van der Waals surface area contributed by atoms with E-state index in [9.17, 15) is 4.39 Å². The quantitative estimate of drug-likeness (QED) is 0.696. The summed E-state index contributed by atoms with van der Waals surface area (Å²) >= 11 is 0. The Morgan fingerprint density at radius 1 is 1.33 bits per heavy atom. The number of rotatable bonds is 5. The molecule has 2 nitrogen and oxygen atoms in total. The van der Waals surface area contributed by atoms with Crippen LogP contribution in [0, 0.1) is 11.3 Å². The number of likely N-dealkylation sites (tertiary alicyclic amines) is 1. The average Bonchev–Trinajstić information content (AvgIpc) is 3.00. The molecule has 2 fully saturated rings. The van der Waals surface area contributed by atoms with Crippen molar-refractivity contribution in [3.8, 4) is 0 Å². The van der Waals surface area contributed by atoms with Gasteiger partial charge in [-0.25, -0.2) is 0 Å². The second-order valence-corrected chi connectivity index (χ2v) is 5.31. The smallest absolute Gasteiger partial charge is 0.0923 e. The first-order valence-electron chi connectivity index (χ1n) is 6.05. The highest BCUT2D eigenvalue weighted by Gasteiger charge is 2.44. The highest BCUT2D eigenvalue weighted by Crippen LogP contribution is 2.46. The lowest BCUT2D eigenvalue weighted by Gasteiger charge is -2.33. The molecule has 0 aromatic carbocycles. The van der Waals surface area contributed by atoms with E-state index in [0.29, 0.717) is 11.3 Å². The summed E-state index contributed by atoms with van der Waals surface area (Å²) in [5.41, 5.74) is 0.456. The lowest BCUT2D eigenvalue weighted by Crippen LogP contribution is -2.39. The minimum atomic E-state index is -0.128. The van der Waals surface area contributed by atoms with Crippen molar-refractivity contribution in [3.63, 3.8) is 0 Å². The zero-order valence-corrected chi connectivity index (χ0v) is 9.67. The van der Waals surface area contributed by atoms with Crippen molar-refractivity contribution >= 4 is 0 Å². The van der Waals surface area contributed by atoms with Gasteiger partial charge < -0.3 is 9.64 Å². The Balaban J connectivity index is 1.72. The second kappa shape index (κ2) is 4.79. The van der Waals surface area contributed by atoms with E-state index in [-0.39, 0.29) is 6.67 Å². The number of alkyl halides is 1. The summed E-state index contributed by atoms with van der Waals surface area (Å²) in [5.74, 6) is 0.332. The molecule has 0 unspecified atom stereocenters. The molecular formula is C12H22FNO. The largest absolute Gasteiger partial charge is 0.384 e. The van der Waals surface area contributed by atoms with Gasteiger partial charge in [0.25, 0.3) is 0 Å². The maximum absolute atomic E-state index is 12.4. The fourth-order valence-electron chi connectivity index (χ4n) is 2.60. The molecule has 0 aromatic rings. The van der Waals surface area contributed by atoms with Crippen LogP contribution < -0.4 is 0 Å². The molecule has 0 radical (unpaired) electrons. The summed E-state index contributed by atoms with van der Waals surface area (Å²) in [6.07, 6.45) is 4.70. The molecule has 3 heteroatoms. The summed E-state index contributed by atoms with van der Waals surface area (Å²) < 4.78 is 17.7. The Bertz CT molecular complexity index is 198. The number of nitrogens with zero attached hydrogens (tertiary/aromatic N) is 1. The van der Waals surface area contributed by atoms with Gasteiger partial charge in [0.15, 0.2) is 0 Å². The van der Waals surface area contributed by atoms with E-state index in [4.69, 9.17) is 4.74 Å². The molecule has 1 saturated heterocycles. The Morgan fingerprint density at radius 2 is 2.00 bits per heavy atom. The van der Waals surface area contributed by atoms with Crippen LogP contribution in [0.25, 0.3) is 0 Å². The van der Waals surface area contributed by atoms with Gasteiger partial charge in [0, 0.05) is 19.1 Å². The van der Waals surface area contributed by atoms with Crippen molar-refractivity contribution in [2.24, 2.45) is 11.3 Å². The van der Waals surface area contributed by atoms with Gasteiger partial charge in [-0.1, -0.05) is 0 Å². The van der Waals surface area contributed by atoms with Crippen LogP contribution in [-0.4, -0.2) is 44.9 Å². The molecule has 1 aliphatic heterocycles. The highest BCUT2D eigenvalue weighted by atomic mass is 19.1. The molecule has 2 rings (SSSR count). The lowest BCUT2D eigenvalue weighted by atomic mass is 9.97. The van der Waals surface area contributed by atoms with Crippen LogP contribution in [-0.2, 0) is 4.74 Å². The van der Waals surface area contributed by atoms with Gasteiger partial charge in [-0.3, -0.25) is 4.39 Å². The fraction of sp³-hybridized carbons (Fsp3) is 1.00. The molecule has 0 spiro atoms. The van der Waals surface area contributed by atoms with Crippen LogP contribution in [0.2, 0.25) is 0 Å². The molecule has 15 heavy (non-hydrogen) atoms. The molecule has 0 bridgehead atoms. The van der Waals surface area contributed by atoms with Crippen LogP contribution in [0.4, 0.5) is 4.39 Å². The average molecular weight is 215 g/mol. The molecule has 1 saturated carbocycles. The predicted octanol–water partition coefficient (Wildman–Crippen LogP) is 2.09. The van der Waals surface area contributed by atoms with Crippen molar-refractivity contribution in [2.75, 3.05) is 40.0 Å². The maximum Gasteiger partial charge on any atom is 0.0923 e. The molecular weight excluding hydrogens is 193 g/mol. The first-order chi connectivity index (χ1) is 7.28. The fourth-order valence-corrected chi connectivity index (χ4v) is 2.60. The number of hydrogen-bond acceptors (Lipinski definition) is 2. The standard InChI is InChI=1S/C12H22FNO/c1-15-10-12(4-5-12)9-14-6-2-11(8-13)3-7-14/h11H,2-10H2,1H3. The zero-order valence-electron chi connectivity index (χ0n) is 9.67. The number of halogens is 1. The number of piperidine rings is 1. The molecule has 0 amide bonds. The van der Waals surface area contributed by atoms with E-state index in [1.54, 1.807) is 7.11 Å². The maximum atomic E-state index is 12.4. The van der Waals surface area contributed by atoms with Crippen LogP contribution in [0.15, 0.2) is 0 Å². The second-order valence-electron chi connectivity index (χ2n) is 5.31. The van der Waals surface area contributed by atoms with E-state index in [2.05, 4.69) is 4.90 Å². The molecule has 88 valence electrons. The van der Waals surface area contributed by atoms with Gasteiger partial charge >= 0.3 is 0 Å². The van der Waals surface area contributed by atoms with Gasteiger partial charge in [-0.2, -0.15) is 0 Å². The number of hydrogen-bond donors (Lipinski definition) is 0. The van der Waals surface area contributed by atoms with Crippen molar-refractivity contribution in [1.29, 1.82) is 0 Å². The summed E-state index contributed by atoms with van der Waals surface area (Å²) in [6, 6.07) is 0. The number of ether oxygens (including phenoxy) is 1. The van der Waals surface area contributed by atoms with Gasteiger partial charge in [0.1, 0.15) is 0 Å². The van der Waals surface area contributed by atoms with E-state index >= 15 is 0 Å². The Labute approximate surface area is 91.8 Å². The van der Waals surface area contributed by atoms with Crippen molar-refractivity contribution < 1.29 is 9.13 Å². The first kappa shape index (κ1) is 11.3. The van der Waals surface area contributed by atoms with Crippen molar-refractivity contribution in [3.05, 3.63) is 0 Å². The number of methoxy groups -OCH3 is 1. The van der Waals surface area contributed by atoms with E-state index in [1.165, 1.54) is 19.4 Å². The molecule has 0 atom stereocenters. The predicted molar refractivity (Wildman–Crippen MR) is 58.7 cm³/mol. The third-order valence-corrected chi connectivity index (χ3v) is 3.89. The highest BCUT2D eigenvalue weighted by molar-refractivity contribution is 4.96. The first-order valence-corrected chi connectivity index (χ1v) is 6.05. The van der Waals surface area contributed by atoms with Crippen LogP contribution in [0.1, 0.15) is 25.7 Å². The lowest BCUT2D eigenvalue weighted by molar-refractivity contribution is 0.0874.